The van der Waals surface area contributed by atoms with Gasteiger partial charge >= 0.3 is 0 Å². The molecule has 0 aliphatic rings. The Kier molecular flexibility index (Phi) is 4.80. The Hall–Kier alpha value is -1.10. The molecule has 98 valence electrons. The van der Waals surface area contributed by atoms with Crippen LogP contribution in [0.15, 0.2) is 46.9 Å². The maximum absolute atomic E-state index is 5.92. The molecule has 2 nitrogen and oxygen atoms in total. The first-order valence-electron chi connectivity index (χ1n) is 5.64. The number of rotatable bonds is 2. The predicted octanol–water partition coefficient (Wildman–Crippen LogP) is 5.22. The monoisotopic (exact) mass is 354 g/mol. The van der Waals surface area contributed by atoms with E-state index in [1.165, 1.54) is 0 Å². The van der Waals surface area contributed by atoms with Crippen molar-refractivity contribution in [2.24, 2.45) is 0 Å². The van der Waals surface area contributed by atoms with Crippen LogP contribution in [0, 0.1) is 6.92 Å². The minimum absolute atomic E-state index is 0.535. The largest absolute Gasteiger partial charge is 0.332 e. The number of benzene rings is 2. The Bertz CT molecular complexity index is 616. The topological polar surface area (TPSA) is 24.1 Å². The van der Waals surface area contributed by atoms with Crippen molar-refractivity contribution in [2.75, 3.05) is 10.6 Å². The molecule has 2 rings (SSSR count). The van der Waals surface area contributed by atoms with Crippen molar-refractivity contribution in [3.8, 4) is 0 Å². The normalized spacial score (nSPS) is 10.1. The van der Waals surface area contributed by atoms with E-state index in [1.807, 2.05) is 49.4 Å². The van der Waals surface area contributed by atoms with Crippen LogP contribution in [0.25, 0.3) is 0 Å². The fourth-order valence-electron chi connectivity index (χ4n) is 1.62. The molecule has 0 spiro atoms. The molecule has 0 heterocycles. The van der Waals surface area contributed by atoms with Gasteiger partial charge in [-0.1, -0.05) is 33.6 Å². The summed E-state index contributed by atoms with van der Waals surface area (Å²) in [6.07, 6.45) is 0. The fraction of sp³-hybridized carbons (Fsp3) is 0.0714. The average Bonchev–Trinajstić information content (AvgIpc) is 2.33. The highest BCUT2D eigenvalue weighted by Gasteiger charge is 2.02. The van der Waals surface area contributed by atoms with Crippen molar-refractivity contribution in [3.05, 3.63) is 57.5 Å². The highest BCUT2D eigenvalue weighted by molar-refractivity contribution is 9.10. The number of aryl methyl sites for hydroxylation is 1. The van der Waals surface area contributed by atoms with Crippen LogP contribution in [0.2, 0.25) is 5.02 Å². The summed E-state index contributed by atoms with van der Waals surface area (Å²) < 4.78 is 1.05. The second kappa shape index (κ2) is 6.37. The van der Waals surface area contributed by atoms with Crippen molar-refractivity contribution in [1.29, 1.82) is 0 Å². The Morgan fingerprint density at radius 2 is 1.95 bits per heavy atom. The summed E-state index contributed by atoms with van der Waals surface area (Å²) in [6, 6.07) is 13.4. The van der Waals surface area contributed by atoms with Gasteiger partial charge in [0.25, 0.3) is 0 Å². The molecule has 5 heteroatoms. The Balaban J connectivity index is 2.05. The lowest BCUT2D eigenvalue weighted by Crippen LogP contribution is -2.19. The molecule has 0 saturated heterocycles. The van der Waals surface area contributed by atoms with Gasteiger partial charge in [-0.3, -0.25) is 0 Å². The van der Waals surface area contributed by atoms with E-state index in [0.717, 1.165) is 21.4 Å². The first kappa shape index (κ1) is 14.3. The van der Waals surface area contributed by atoms with Gasteiger partial charge in [-0.05, 0) is 61.1 Å². The fourth-order valence-corrected chi connectivity index (χ4v) is 2.51. The zero-order valence-corrected chi connectivity index (χ0v) is 13.4. The Morgan fingerprint density at radius 3 is 2.63 bits per heavy atom. The van der Waals surface area contributed by atoms with Gasteiger partial charge in [-0.15, -0.1) is 0 Å². The molecular weight excluding hydrogens is 344 g/mol. The van der Waals surface area contributed by atoms with Crippen LogP contribution in [0.5, 0.6) is 0 Å². The van der Waals surface area contributed by atoms with E-state index >= 15 is 0 Å². The summed E-state index contributed by atoms with van der Waals surface area (Å²) in [6.45, 7) is 2.02. The number of hydrogen-bond acceptors (Lipinski definition) is 1. The minimum Gasteiger partial charge on any atom is -0.332 e. The van der Waals surface area contributed by atoms with Gasteiger partial charge in [-0.2, -0.15) is 0 Å². The number of nitrogens with one attached hydrogen (secondary N) is 2. The van der Waals surface area contributed by atoms with Gasteiger partial charge in [0.1, 0.15) is 0 Å². The SMILES string of the molecule is Cc1cc(Br)ccc1NC(=S)Nc1cccc(Cl)c1. The minimum atomic E-state index is 0.535. The van der Waals surface area contributed by atoms with Gasteiger partial charge in [-0.25, -0.2) is 0 Å². The molecule has 0 aliphatic carbocycles. The smallest absolute Gasteiger partial charge is 0.175 e. The zero-order chi connectivity index (χ0) is 13.8. The quantitative estimate of drug-likeness (QED) is 0.722. The number of thiocarbonyl (C=S) groups is 1. The van der Waals surface area contributed by atoms with Crippen LogP contribution >= 0.6 is 39.7 Å². The number of hydrogen-bond donors (Lipinski definition) is 2. The average molecular weight is 356 g/mol. The Labute approximate surface area is 131 Å². The molecular formula is C14H12BrClN2S. The van der Waals surface area contributed by atoms with Gasteiger partial charge in [0, 0.05) is 20.9 Å². The lowest BCUT2D eigenvalue weighted by atomic mass is 10.2. The van der Waals surface area contributed by atoms with Crippen LogP contribution in [-0.2, 0) is 0 Å². The second-order valence-electron chi connectivity index (χ2n) is 4.05. The number of halogens is 2. The molecule has 0 aromatic heterocycles. The third kappa shape index (κ3) is 4.20. The van der Waals surface area contributed by atoms with Crippen molar-refractivity contribution >= 4 is 56.2 Å². The molecule has 2 aromatic carbocycles. The highest BCUT2D eigenvalue weighted by atomic mass is 79.9. The molecule has 0 unspecified atom stereocenters. The van der Waals surface area contributed by atoms with Crippen molar-refractivity contribution in [3.63, 3.8) is 0 Å². The summed E-state index contributed by atoms with van der Waals surface area (Å²) in [5.41, 5.74) is 2.95. The molecule has 0 saturated carbocycles. The summed E-state index contributed by atoms with van der Waals surface area (Å²) in [5, 5.41) is 7.47. The molecule has 0 amide bonds. The summed E-state index contributed by atoms with van der Waals surface area (Å²) in [7, 11) is 0. The molecule has 0 radical (unpaired) electrons. The van der Waals surface area contributed by atoms with E-state index in [4.69, 9.17) is 23.8 Å². The molecule has 2 N–H and O–H groups in total. The molecule has 0 aliphatic heterocycles. The van der Waals surface area contributed by atoms with Gasteiger partial charge in [0.05, 0.1) is 0 Å². The highest BCUT2D eigenvalue weighted by Crippen LogP contribution is 2.20. The Morgan fingerprint density at radius 1 is 1.16 bits per heavy atom. The number of anilines is 2. The van der Waals surface area contributed by atoms with Crippen LogP contribution in [-0.4, -0.2) is 5.11 Å². The van der Waals surface area contributed by atoms with Crippen LogP contribution in [0.4, 0.5) is 11.4 Å². The first-order valence-corrected chi connectivity index (χ1v) is 7.22. The van der Waals surface area contributed by atoms with E-state index in [9.17, 15) is 0 Å². The third-order valence-corrected chi connectivity index (χ3v) is 3.45. The molecule has 2 aromatic rings. The lowest BCUT2D eigenvalue weighted by Gasteiger charge is -2.12. The summed E-state index contributed by atoms with van der Waals surface area (Å²) in [5.74, 6) is 0. The predicted molar refractivity (Wildman–Crippen MR) is 90.2 cm³/mol. The molecule has 19 heavy (non-hydrogen) atoms. The van der Waals surface area contributed by atoms with Crippen molar-refractivity contribution in [1.82, 2.24) is 0 Å². The maximum atomic E-state index is 5.92. The standard InChI is InChI=1S/C14H12BrClN2S/c1-9-7-10(15)5-6-13(9)18-14(19)17-12-4-2-3-11(16)8-12/h2-8H,1H3,(H2,17,18,19). The third-order valence-electron chi connectivity index (χ3n) is 2.52. The van der Waals surface area contributed by atoms with E-state index < -0.39 is 0 Å². The van der Waals surface area contributed by atoms with Crippen molar-refractivity contribution < 1.29 is 0 Å². The molecule has 0 bridgehead atoms. The van der Waals surface area contributed by atoms with Gasteiger partial charge < -0.3 is 10.6 Å². The first-order chi connectivity index (χ1) is 9.04. The maximum Gasteiger partial charge on any atom is 0.175 e. The second-order valence-corrected chi connectivity index (χ2v) is 5.81. The van der Waals surface area contributed by atoms with E-state index in [1.54, 1.807) is 0 Å². The van der Waals surface area contributed by atoms with Crippen LogP contribution < -0.4 is 10.6 Å². The van der Waals surface area contributed by atoms with Crippen molar-refractivity contribution in [2.45, 2.75) is 6.92 Å². The van der Waals surface area contributed by atoms with Gasteiger partial charge in [0.2, 0.25) is 0 Å². The van der Waals surface area contributed by atoms with Crippen LogP contribution in [0.1, 0.15) is 5.56 Å². The van der Waals surface area contributed by atoms with Gasteiger partial charge in [0.15, 0.2) is 5.11 Å². The van der Waals surface area contributed by atoms with E-state index in [-0.39, 0.29) is 0 Å². The molecule has 0 atom stereocenters. The zero-order valence-electron chi connectivity index (χ0n) is 10.2. The summed E-state index contributed by atoms with van der Waals surface area (Å²) in [4.78, 5) is 0. The van der Waals surface area contributed by atoms with E-state index in [0.29, 0.717) is 10.1 Å². The molecule has 0 fully saturated rings. The summed E-state index contributed by atoms with van der Waals surface area (Å²) >= 11 is 14.6. The van der Waals surface area contributed by atoms with Crippen LogP contribution in [0.3, 0.4) is 0 Å². The van der Waals surface area contributed by atoms with E-state index in [2.05, 4.69) is 26.6 Å². The lowest BCUT2D eigenvalue weighted by molar-refractivity contribution is 1.44.